The third kappa shape index (κ3) is 4.60. The summed E-state index contributed by atoms with van der Waals surface area (Å²) in [6.07, 6.45) is 6.54. The van der Waals surface area contributed by atoms with Crippen molar-refractivity contribution in [2.24, 2.45) is 5.92 Å². The molecule has 1 fully saturated rings. The van der Waals surface area contributed by atoms with Crippen molar-refractivity contribution < 1.29 is 4.74 Å². The highest BCUT2D eigenvalue weighted by molar-refractivity contribution is 5.19. The molecule has 2 nitrogen and oxygen atoms in total. The molecule has 2 rings (SSSR count). The average molecular weight is 275 g/mol. The Labute approximate surface area is 123 Å². The van der Waals surface area contributed by atoms with Crippen LogP contribution in [0.3, 0.4) is 0 Å². The molecule has 2 heteroatoms. The Morgan fingerprint density at radius 2 is 1.75 bits per heavy atom. The molecule has 1 aromatic carbocycles. The summed E-state index contributed by atoms with van der Waals surface area (Å²) in [4.78, 5) is 0. The molecule has 1 N–H and O–H groups in total. The Balaban J connectivity index is 1.95. The van der Waals surface area contributed by atoms with Crippen molar-refractivity contribution in [3.63, 3.8) is 0 Å². The number of rotatable bonds is 6. The standard InChI is InChI=1S/C18H29NO/c1-14(2)13-18(15-7-5-4-6-8-15)19-16-9-11-17(20-3)12-10-16/h4-8,14,16-19H,9-13H2,1-3H3. The van der Waals surface area contributed by atoms with Gasteiger partial charge in [-0.1, -0.05) is 44.2 Å². The molecule has 0 amide bonds. The van der Waals surface area contributed by atoms with E-state index in [2.05, 4.69) is 49.5 Å². The van der Waals surface area contributed by atoms with Gasteiger partial charge in [0.05, 0.1) is 6.10 Å². The Bertz CT molecular complexity index is 368. The second kappa shape index (κ2) is 7.80. The largest absolute Gasteiger partial charge is 0.381 e. The molecule has 112 valence electrons. The van der Waals surface area contributed by atoms with Gasteiger partial charge < -0.3 is 10.1 Å². The fraction of sp³-hybridized carbons (Fsp3) is 0.667. The van der Waals surface area contributed by atoms with Crippen molar-refractivity contribution in [3.8, 4) is 0 Å². The topological polar surface area (TPSA) is 21.3 Å². The van der Waals surface area contributed by atoms with Gasteiger partial charge in [-0.3, -0.25) is 0 Å². The van der Waals surface area contributed by atoms with Crippen molar-refractivity contribution in [1.29, 1.82) is 0 Å². The van der Waals surface area contributed by atoms with E-state index in [0.29, 0.717) is 24.1 Å². The Morgan fingerprint density at radius 1 is 1.10 bits per heavy atom. The van der Waals surface area contributed by atoms with Gasteiger partial charge in [0.1, 0.15) is 0 Å². The van der Waals surface area contributed by atoms with Gasteiger partial charge in [-0.2, -0.15) is 0 Å². The fourth-order valence-electron chi connectivity index (χ4n) is 3.21. The molecule has 1 aromatic rings. The lowest BCUT2D eigenvalue weighted by atomic mass is 9.90. The number of nitrogens with one attached hydrogen (secondary N) is 1. The van der Waals surface area contributed by atoms with Crippen LogP contribution in [0.15, 0.2) is 30.3 Å². The summed E-state index contributed by atoms with van der Waals surface area (Å²) < 4.78 is 5.47. The molecule has 20 heavy (non-hydrogen) atoms. The zero-order valence-electron chi connectivity index (χ0n) is 13.1. The number of ether oxygens (including phenoxy) is 1. The average Bonchev–Trinajstić information content (AvgIpc) is 2.48. The molecule has 1 aliphatic rings. The van der Waals surface area contributed by atoms with Crippen LogP contribution in [0.4, 0.5) is 0 Å². The van der Waals surface area contributed by atoms with E-state index in [0.717, 1.165) is 0 Å². The zero-order chi connectivity index (χ0) is 14.4. The van der Waals surface area contributed by atoms with Gasteiger partial charge in [-0.25, -0.2) is 0 Å². The van der Waals surface area contributed by atoms with Crippen LogP contribution in [0.5, 0.6) is 0 Å². The molecule has 0 bridgehead atoms. The Morgan fingerprint density at radius 3 is 2.30 bits per heavy atom. The summed E-state index contributed by atoms with van der Waals surface area (Å²) in [6, 6.07) is 12.0. The number of methoxy groups -OCH3 is 1. The summed E-state index contributed by atoms with van der Waals surface area (Å²) in [6.45, 7) is 4.61. The smallest absolute Gasteiger partial charge is 0.0572 e. The molecular weight excluding hydrogens is 246 g/mol. The van der Waals surface area contributed by atoms with Crippen molar-refractivity contribution in [2.45, 2.75) is 64.1 Å². The molecule has 0 aliphatic heterocycles. The van der Waals surface area contributed by atoms with Gasteiger partial charge >= 0.3 is 0 Å². The lowest BCUT2D eigenvalue weighted by Gasteiger charge is -2.32. The molecule has 0 radical (unpaired) electrons. The summed E-state index contributed by atoms with van der Waals surface area (Å²) in [7, 11) is 1.84. The third-order valence-electron chi connectivity index (χ3n) is 4.35. The first-order valence-corrected chi connectivity index (χ1v) is 8.02. The first kappa shape index (κ1) is 15.5. The molecule has 0 spiro atoms. The SMILES string of the molecule is COC1CCC(NC(CC(C)C)c2ccccc2)CC1. The second-order valence-corrected chi connectivity index (χ2v) is 6.47. The minimum absolute atomic E-state index is 0.480. The second-order valence-electron chi connectivity index (χ2n) is 6.47. The lowest BCUT2D eigenvalue weighted by Crippen LogP contribution is -2.38. The van der Waals surface area contributed by atoms with Crippen LogP contribution in [0.1, 0.15) is 57.6 Å². The highest BCUT2D eigenvalue weighted by atomic mass is 16.5. The molecular formula is C18H29NO. The first-order valence-electron chi connectivity index (χ1n) is 8.02. The van der Waals surface area contributed by atoms with Crippen LogP contribution in [-0.4, -0.2) is 19.3 Å². The molecule has 1 saturated carbocycles. The Kier molecular flexibility index (Phi) is 6.06. The van der Waals surface area contributed by atoms with Gasteiger partial charge in [0.15, 0.2) is 0 Å². The zero-order valence-corrected chi connectivity index (χ0v) is 13.1. The molecule has 1 atom stereocenters. The van der Waals surface area contributed by atoms with E-state index in [9.17, 15) is 0 Å². The van der Waals surface area contributed by atoms with Crippen LogP contribution in [0, 0.1) is 5.92 Å². The molecule has 1 aliphatic carbocycles. The number of hydrogen-bond donors (Lipinski definition) is 1. The quantitative estimate of drug-likeness (QED) is 0.834. The van der Waals surface area contributed by atoms with E-state index in [1.54, 1.807) is 0 Å². The lowest BCUT2D eigenvalue weighted by molar-refractivity contribution is 0.0607. The minimum atomic E-state index is 0.480. The van der Waals surface area contributed by atoms with E-state index in [4.69, 9.17) is 4.74 Å². The molecule has 0 saturated heterocycles. The molecule has 0 aromatic heterocycles. The first-order chi connectivity index (χ1) is 9.69. The summed E-state index contributed by atoms with van der Waals surface area (Å²) in [5.74, 6) is 0.711. The maximum atomic E-state index is 5.47. The fourth-order valence-corrected chi connectivity index (χ4v) is 3.21. The highest BCUT2D eigenvalue weighted by Crippen LogP contribution is 2.26. The van der Waals surface area contributed by atoms with Crippen molar-refractivity contribution in [3.05, 3.63) is 35.9 Å². The third-order valence-corrected chi connectivity index (χ3v) is 4.35. The predicted octanol–water partition coefficient (Wildman–Crippen LogP) is 4.32. The summed E-state index contributed by atoms with van der Waals surface area (Å²) in [5.41, 5.74) is 1.43. The maximum absolute atomic E-state index is 5.47. The van der Waals surface area contributed by atoms with Crippen LogP contribution in [0.25, 0.3) is 0 Å². The predicted molar refractivity (Wildman–Crippen MR) is 84.8 cm³/mol. The van der Waals surface area contributed by atoms with E-state index in [-0.39, 0.29) is 0 Å². The van der Waals surface area contributed by atoms with E-state index in [1.165, 1.54) is 37.7 Å². The van der Waals surface area contributed by atoms with Crippen molar-refractivity contribution in [1.82, 2.24) is 5.32 Å². The van der Waals surface area contributed by atoms with Crippen LogP contribution < -0.4 is 5.32 Å². The van der Waals surface area contributed by atoms with Crippen molar-refractivity contribution in [2.75, 3.05) is 7.11 Å². The van der Waals surface area contributed by atoms with Crippen molar-refractivity contribution >= 4 is 0 Å². The van der Waals surface area contributed by atoms with Crippen LogP contribution in [0.2, 0.25) is 0 Å². The van der Waals surface area contributed by atoms with E-state index in [1.807, 2.05) is 7.11 Å². The Hall–Kier alpha value is -0.860. The summed E-state index contributed by atoms with van der Waals surface area (Å²) in [5, 5.41) is 3.89. The van der Waals surface area contributed by atoms with Gasteiger partial charge in [0.25, 0.3) is 0 Å². The van der Waals surface area contributed by atoms with E-state index >= 15 is 0 Å². The summed E-state index contributed by atoms with van der Waals surface area (Å²) >= 11 is 0. The van der Waals surface area contributed by atoms with E-state index < -0.39 is 0 Å². The number of benzene rings is 1. The monoisotopic (exact) mass is 275 g/mol. The van der Waals surface area contributed by atoms with Gasteiger partial charge in [0, 0.05) is 19.2 Å². The van der Waals surface area contributed by atoms with Gasteiger partial charge in [0.2, 0.25) is 0 Å². The van der Waals surface area contributed by atoms with Crippen LogP contribution in [-0.2, 0) is 4.74 Å². The van der Waals surface area contributed by atoms with Crippen LogP contribution >= 0.6 is 0 Å². The van der Waals surface area contributed by atoms with Gasteiger partial charge in [-0.05, 0) is 43.6 Å². The molecule has 1 unspecified atom stereocenters. The molecule has 0 heterocycles. The number of hydrogen-bond acceptors (Lipinski definition) is 2. The normalized spacial score (nSPS) is 24.8. The minimum Gasteiger partial charge on any atom is -0.381 e. The highest BCUT2D eigenvalue weighted by Gasteiger charge is 2.23. The maximum Gasteiger partial charge on any atom is 0.0572 e. The van der Waals surface area contributed by atoms with Gasteiger partial charge in [-0.15, -0.1) is 0 Å².